The van der Waals surface area contributed by atoms with E-state index in [0.717, 1.165) is 46.9 Å². The number of carbonyl (C=O) groups is 1. The second-order valence-corrected chi connectivity index (χ2v) is 10.5. The summed E-state index contributed by atoms with van der Waals surface area (Å²) < 4.78 is 70.6. The van der Waals surface area contributed by atoms with Gasteiger partial charge < -0.3 is 10.1 Å². The summed E-state index contributed by atoms with van der Waals surface area (Å²) in [6.07, 6.45) is -3.80. The fourth-order valence-electron chi connectivity index (χ4n) is 3.85. The molecule has 0 spiro atoms. The Kier molecular flexibility index (Phi) is 8.29. The summed E-state index contributed by atoms with van der Waals surface area (Å²) in [6, 6.07) is 5.94. The van der Waals surface area contributed by atoms with Gasteiger partial charge in [0.15, 0.2) is 0 Å². The van der Waals surface area contributed by atoms with Crippen LogP contribution < -0.4 is 14.4 Å². The van der Waals surface area contributed by atoms with E-state index in [4.69, 9.17) is 4.74 Å². The molecule has 0 aromatic heterocycles. The molecular formula is C24H31F3N2O4S. The number of hydrogen-bond donors (Lipinski definition) is 1. The average Bonchev–Trinajstić information content (AvgIpc) is 2.71. The first kappa shape index (κ1) is 27.5. The van der Waals surface area contributed by atoms with Gasteiger partial charge in [0.1, 0.15) is 11.8 Å². The molecule has 0 saturated heterocycles. The molecule has 2 atom stereocenters. The standard InChI is InChI=1S/C24H31F3N2O4S/c1-14(2)20-13-21(15(3)11-22(20)33-6)16(4)28-23(30)17(5)29(34(7,31)32)19-10-8-9-18(12-19)24(25,26)27/h8-14,16-17H,1-7H3,(H,28,30). The maximum atomic E-state index is 13.2. The van der Waals surface area contributed by atoms with Gasteiger partial charge in [-0.05, 0) is 73.7 Å². The number of methoxy groups -OCH3 is 1. The van der Waals surface area contributed by atoms with Gasteiger partial charge in [-0.2, -0.15) is 13.2 Å². The second-order valence-electron chi connectivity index (χ2n) is 8.62. The molecule has 2 rings (SSSR count). The summed E-state index contributed by atoms with van der Waals surface area (Å²) >= 11 is 0. The van der Waals surface area contributed by atoms with Gasteiger partial charge in [-0.15, -0.1) is 0 Å². The predicted octanol–water partition coefficient (Wildman–Crippen LogP) is 5.18. The lowest BCUT2D eigenvalue weighted by molar-refractivity contribution is -0.137. The third-order valence-corrected chi connectivity index (χ3v) is 6.82. The van der Waals surface area contributed by atoms with Crippen molar-refractivity contribution in [3.05, 3.63) is 58.7 Å². The van der Waals surface area contributed by atoms with Crippen LogP contribution >= 0.6 is 0 Å². The maximum absolute atomic E-state index is 13.2. The summed E-state index contributed by atoms with van der Waals surface area (Å²) in [5.74, 6) is 0.255. The van der Waals surface area contributed by atoms with E-state index in [9.17, 15) is 26.4 Å². The molecule has 0 aliphatic carbocycles. The molecule has 0 radical (unpaired) electrons. The van der Waals surface area contributed by atoms with Crippen molar-refractivity contribution in [1.82, 2.24) is 5.32 Å². The number of ether oxygens (including phenoxy) is 1. The van der Waals surface area contributed by atoms with Gasteiger partial charge in [0.2, 0.25) is 15.9 Å². The normalized spacial score (nSPS) is 14.0. The number of sulfonamides is 1. The number of amides is 1. The number of alkyl halides is 3. The number of nitrogens with zero attached hydrogens (tertiary/aromatic N) is 1. The molecule has 34 heavy (non-hydrogen) atoms. The van der Waals surface area contributed by atoms with Crippen LogP contribution in [0, 0.1) is 6.92 Å². The third kappa shape index (κ3) is 6.22. The Hall–Kier alpha value is -2.75. The highest BCUT2D eigenvalue weighted by atomic mass is 32.2. The Labute approximate surface area is 199 Å². The van der Waals surface area contributed by atoms with Crippen molar-refractivity contribution in [1.29, 1.82) is 0 Å². The van der Waals surface area contributed by atoms with Gasteiger partial charge in [0, 0.05) is 0 Å². The highest BCUT2D eigenvalue weighted by Gasteiger charge is 2.34. The Bertz CT molecular complexity index is 1150. The number of anilines is 1. The van der Waals surface area contributed by atoms with Gasteiger partial charge in [-0.1, -0.05) is 19.9 Å². The fraction of sp³-hybridized carbons (Fsp3) is 0.458. The molecule has 0 fully saturated rings. The summed E-state index contributed by atoms with van der Waals surface area (Å²) in [5.41, 5.74) is 1.42. The van der Waals surface area contributed by atoms with Crippen LogP contribution in [0.2, 0.25) is 0 Å². The van der Waals surface area contributed by atoms with E-state index in [1.165, 1.54) is 13.0 Å². The Morgan fingerprint density at radius 3 is 2.18 bits per heavy atom. The average molecular weight is 501 g/mol. The van der Waals surface area contributed by atoms with E-state index < -0.39 is 39.8 Å². The number of aryl methyl sites for hydroxylation is 1. The van der Waals surface area contributed by atoms with Crippen LogP contribution in [-0.2, 0) is 21.0 Å². The quantitative estimate of drug-likeness (QED) is 0.542. The zero-order valence-electron chi connectivity index (χ0n) is 20.3. The van der Waals surface area contributed by atoms with Crippen molar-refractivity contribution in [3.8, 4) is 5.75 Å². The van der Waals surface area contributed by atoms with Crippen LogP contribution in [0.15, 0.2) is 36.4 Å². The smallest absolute Gasteiger partial charge is 0.416 e. The van der Waals surface area contributed by atoms with E-state index >= 15 is 0 Å². The topological polar surface area (TPSA) is 75.7 Å². The van der Waals surface area contributed by atoms with Crippen LogP contribution in [0.25, 0.3) is 0 Å². The van der Waals surface area contributed by atoms with Crippen LogP contribution in [0.3, 0.4) is 0 Å². The van der Waals surface area contributed by atoms with Crippen molar-refractivity contribution in [3.63, 3.8) is 0 Å². The molecule has 2 aromatic carbocycles. The van der Waals surface area contributed by atoms with Crippen LogP contribution in [0.5, 0.6) is 5.75 Å². The predicted molar refractivity (Wildman–Crippen MR) is 127 cm³/mol. The first-order valence-corrected chi connectivity index (χ1v) is 12.6. The Morgan fingerprint density at radius 1 is 1.06 bits per heavy atom. The number of halogens is 3. The van der Waals surface area contributed by atoms with E-state index in [-0.39, 0.29) is 11.6 Å². The molecule has 6 nitrogen and oxygen atoms in total. The minimum atomic E-state index is -4.65. The molecule has 0 bridgehead atoms. The molecule has 1 N–H and O–H groups in total. The molecular weight excluding hydrogens is 469 g/mol. The van der Waals surface area contributed by atoms with Crippen molar-refractivity contribution >= 4 is 21.6 Å². The van der Waals surface area contributed by atoms with Gasteiger partial charge in [-0.3, -0.25) is 9.10 Å². The minimum Gasteiger partial charge on any atom is -0.496 e. The molecule has 0 aliphatic heterocycles. The van der Waals surface area contributed by atoms with Crippen molar-refractivity contribution in [2.75, 3.05) is 17.7 Å². The molecule has 10 heteroatoms. The minimum absolute atomic E-state index is 0.165. The largest absolute Gasteiger partial charge is 0.496 e. The molecule has 0 aliphatic rings. The highest BCUT2D eigenvalue weighted by molar-refractivity contribution is 7.92. The monoisotopic (exact) mass is 500 g/mol. The lowest BCUT2D eigenvalue weighted by Crippen LogP contribution is -2.48. The Balaban J connectivity index is 2.38. The number of rotatable bonds is 8. The van der Waals surface area contributed by atoms with Gasteiger partial charge in [0.25, 0.3) is 0 Å². The number of benzene rings is 2. The van der Waals surface area contributed by atoms with Gasteiger partial charge in [-0.25, -0.2) is 8.42 Å². The van der Waals surface area contributed by atoms with Crippen LogP contribution in [0.4, 0.5) is 18.9 Å². The van der Waals surface area contributed by atoms with E-state index in [1.54, 1.807) is 14.0 Å². The molecule has 0 saturated carbocycles. The zero-order valence-corrected chi connectivity index (χ0v) is 21.1. The summed E-state index contributed by atoms with van der Waals surface area (Å²) in [7, 11) is -2.49. The summed E-state index contributed by atoms with van der Waals surface area (Å²) in [5, 5.41) is 2.80. The van der Waals surface area contributed by atoms with Crippen LogP contribution in [0.1, 0.15) is 61.9 Å². The Morgan fingerprint density at radius 2 is 1.68 bits per heavy atom. The molecule has 1 amide bonds. The molecule has 2 aromatic rings. The lowest BCUT2D eigenvalue weighted by Gasteiger charge is -2.30. The van der Waals surface area contributed by atoms with Crippen molar-refractivity contribution in [2.45, 2.75) is 58.8 Å². The SMILES string of the molecule is COc1cc(C)c(C(C)NC(=O)C(C)N(c2cccc(C(F)(F)F)c2)S(C)(=O)=O)cc1C(C)C. The van der Waals surface area contributed by atoms with Crippen molar-refractivity contribution in [2.24, 2.45) is 0 Å². The first-order valence-electron chi connectivity index (χ1n) is 10.7. The first-order chi connectivity index (χ1) is 15.6. The number of nitrogens with one attached hydrogen (secondary N) is 1. The van der Waals surface area contributed by atoms with Crippen LogP contribution in [-0.4, -0.2) is 33.7 Å². The van der Waals surface area contributed by atoms with Gasteiger partial charge in [0.05, 0.1) is 30.7 Å². The third-order valence-electron chi connectivity index (χ3n) is 5.58. The van der Waals surface area contributed by atoms with E-state index in [1.807, 2.05) is 32.9 Å². The lowest BCUT2D eigenvalue weighted by atomic mass is 9.93. The summed E-state index contributed by atoms with van der Waals surface area (Å²) in [6.45, 7) is 9.00. The van der Waals surface area contributed by atoms with E-state index in [0.29, 0.717) is 4.31 Å². The molecule has 2 unspecified atom stereocenters. The second kappa shape index (κ2) is 10.2. The van der Waals surface area contributed by atoms with E-state index in [2.05, 4.69) is 5.32 Å². The maximum Gasteiger partial charge on any atom is 0.416 e. The molecule has 188 valence electrons. The highest BCUT2D eigenvalue weighted by Crippen LogP contribution is 2.34. The molecule has 0 heterocycles. The fourth-order valence-corrected chi connectivity index (χ4v) is 5.02. The summed E-state index contributed by atoms with van der Waals surface area (Å²) in [4.78, 5) is 13.1. The number of hydrogen-bond acceptors (Lipinski definition) is 4. The van der Waals surface area contributed by atoms with Gasteiger partial charge >= 0.3 is 6.18 Å². The van der Waals surface area contributed by atoms with Crippen molar-refractivity contribution < 1.29 is 31.1 Å². The number of carbonyl (C=O) groups excluding carboxylic acids is 1. The zero-order chi connectivity index (χ0) is 26.0.